The van der Waals surface area contributed by atoms with Crippen LogP contribution in [0.5, 0.6) is 0 Å². The van der Waals surface area contributed by atoms with E-state index in [1.54, 1.807) is 10.9 Å². The molecule has 0 amide bonds. The molecule has 0 spiro atoms. The van der Waals surface area contributed by atoms with E-state index in [1.165, 1.54) is 6.33 Å². The first-order chi connectivity index (χ1) is 15.0. The molecule has 0 unspecified atom stereocenters. The Hall–Kier alpha value is -2.49. The number of alkyl halides is 1. The standard InChI is InChI=1S/C21H24ClFN6O2/c22-13-2-1-3-15(7-13)28-5-4-14(9-28)27-20-17-21(25-10-24-20)29(11-26-17)16-6-12(8-23)18(30)19(16)31/h1-3,7,10-12,14,16,18-19,30-31H,4-6,8-9H2,(H,24,25,27)/t12-,14+,16-,18-,19+/m1/s1. The molecule has 31 heavy (non-hydrogen) atoms. The first-order valence-corrected chi connectivity index (χ1v) is 10.8. The highest BCUT2D eigenvalue weighted by Gasteiger charge is 2.43. The highest BCUT2D eigenvalue weighted by atomic mass is 35.5. The van der Waals surface area contributed by atoms with Crippen molar-refractivity contribution in [3.05, 3.63) is 41.9 Å². The van der Waals surface area contributed by atoms with Crippen LogP contribution in [0.3, 0.4) is 0 Å². The topological polar surface area (TPSA) is 99.3 Å². The Bertz CT molecular complexity index is 1080. The summed E-state index contributed by atoms with van der Waals surface area (Å²) in [5, 5.41) is 24.7. The van der Waals surface area contributed by atoms with Crippen molar-refractivity contribution < 1.29 is 14.6 Å². The van der Waals surface area contributed by atoms with Crippen molar-refractivity contribution in [3.8, 4) is 0 Å². The number of halogens is 2. The van der Waals surface area contributed by atoms with Crippen molar-refractivity contribution in [1.82, 2.24) is 19.5 Å². The second-order valence-corrected chi connectivity index (χ2v) is 8.74. The van der Waals surface area contributed by atoms with Crippen molar-refractivity contribution in [2.45, 2.75) is 37.1 Å². The van der Waals surface area contributed by atoms with Crippen LogP contribution in [0.2, 0.25) is 5.02 Å². The van der Waals surface area contributed by atoms with Gasteiger partial charge in [-0.3, -0.25) is 4.39 Å². The lowest BCUT2D eigenvalue weighted by Gasteiger charge is -2.20. The minimum atomic E-state index is -1.09. The Kier molecular flexibility index (Phi) is 5.41. The highest BCUT2D eigenvalue weighted by molar-refractivity contribution is 6.30. The molecule has 5 atom stereocenters. The van der Waals surface area contributed by atoms with Crippen LogP contribution >= 0.6 is 11.6 Å². The van der Waals surface area contributed by atoms with Gasteiger partial charge in [0.15, 0.2) is 11.5 Å². The molecule has 1 aliphatic heterocycles. The molecule has 164 valence electrons. The van der Waals surface area contributed by atoms with E-state index in [0.29, 0.717) is 28.4 Å². The summed E-state index contributed by atoms with van der Waals surface area (Å²) in [7, 11) is 0. The third-order valence-corrected chi connectivity index (χ3v) is 6.62. The van der Waals surface area contributed by atoms with E-state index in [4.69, 9.17) is 11.6 Å². The molecule has 1 aromatic carbocycles. The van der Waals surface area contributed by atoms with E-state index in [1.807, 2.05) is 24.3 Å². The number of rotatable bonds is 5. The van der Waals surface area contributed by atoms with Crippen LogP contribution in [0, 0.1) is 5.92 Å². The van der Waals surface area contributed by atoms with Crippen LogP contribution in [0.25, 0.3) is 11.2 Å². The maximum Gasteiger partial charge on any atom is 0.165 e. The fraction of sp³-hybridized carbons (Fsp3) is 0.476. The summed E-state index contributed by atoms with van der Waals surface area (Å²) in [6.07, 6.45) is 2.14. The van der Waals surface area contributed by atoms with E-state index in [-0.39, 0.29) is 6.04 Å². The molecule has 3 heterocycles. The van der Waals surface area contributed by atoms with Gasteiger partial charge in [0.05, 0.1) is 25.1 Å². The van der Waals surface area contributed by atoms with Gasteiger partial charge in [0.1, 0.15) is 17.9 Å². The van der Waals surface area contributed by atoms with Gasteiger partial charge < -0.3 is 25.0 Å². The van der Waals surface area contributed by atoms with E-state index in [2.05, 4.69) is 25.2 Å². The molecular formula is C21H24ClFN6O2. The van der Waals surface area contributed by atoms with Crippen molar-refractivity contribution in [2.24, 2.45) is 5.92 Å². The Morgan fingerprint density at radius 1 is 1.19 bits per heavy atom. The molecule has 1 aliphatic carbocycles. The molecule has 1 saturated carbocycles. The number of fused-ring (bicyclic) bond motifs is 1. The average Bonchev–Trinajstić information content (AvgIpc) is 3.47. The number of hydrogen-bond donors (Lipinski definition) is 3. The van der Waals surface area contributed by atoms with Crippen LogP contribution in [-0.4, -0.2) is 67.7 Å². The maximum absolute atomic E-state index is 13.2. The summed E-state index contributed by atoms with van der Waals surface area (Å²) in [6.45, 7) is 1.03. The van der Waals surface area contributed by atoms with E-state index < -0.39 is 30.8 Å². The zero-order valence-electron chi connectivity index (χ0n) is 16.8. The van der Waals surface area contributed by atoms with Gasteiger partial charge in [-0.2, -0.15) is 0 Å². The molecule has 5 rings (SSSR count). The molecule has 2 aliphatic rings. The van der Waals surface area contributed by atoms with Gasteiger partial charge in [0.2, 0.25) is 0 Å². The van der Waals surface area contributed by atoms with Crippen molar-refractivity contribution >= 4 is 34.3 Å². The Balaban J connectivity index is 1.35. The lowest BCUT2D eigenvalue weighted by molar-refractivity contribution is 0.00271. The van der Waals surface area contributed by atoms with Crippen molar-refractivity contribution in [1.29, 1.82) is 0 Å². The zero-order valence-corrected chi connectivity index (χ0v) is 17.5. The number of aliphatic hydroxyl groups excluding tert-OH is 2. The van der Waals surface area contributed by atoms with Crippen LogP contribution in [0.4, 0.5) is 15.9 Å². The maximum atomic E-state index is 13.2. The smallest absolute Gasteiger partial charge is 0.165 e. The van der Waals surface area contributed by atoms with Gasteiger partial charge in [-0.25, -0.2) is 15.0 Å². The minimum absolute atomic E-state index is 0.178. The predicted octanol–water partition coefficient (Wildman–Crippen LogP) is 2.42. The molecule has 8 nitrogen and oxygen atoms in total. The quantitative estimate of drug-likeness (QED) is 0.553. The summed E-state index contributed by atoms with van der Waals surface area (Å²) in [5.41, 5.74) is 2.23. The first-order valence-electron chi connectivity index (χ1n) is 10.4. The van der Waals surface area contributed by atoms with Crippen LogP contribution in [-0.2, 0) is 0 Å². The van der Waals surface area contributed by atoms with Gasteiger partial charge in [0.25, 0.3) is 0 Å². The van der Waals surface area contributed by atoms with E-state index >= 15 is 0 Å². The number of nitrogens with zero attached hydrogens (tertiary/aromatic N) is 5. The Morgan fingerprint density at radius 2 is 2.06 bits per heavy atom. The first kappa shape index (κ1) is 20.4. The third kappa shape index (κ3) is 3.71. The fourth-order valence-corrected chi connectivity index (χ4v) is 4.89. The zero-order chi connectivity index (χ0) is 21.5. The van der Waals surface area contributed by atoms with Gasteiger partial charge in [-0.15, -0.1) is 0 Å². The second-order valence-electron chi connectivity index (χ2n) is 8.30. The lowest BCUT2D eigenvalue weighted by Crippen LogP contribution is -2.30. The predicted molar refractivity (Wildman–Crippen MR) is 116 cm³/mol. The summed E-state index contributed by atoms with van der Waals surface area (Å²) in [5.74, 6) is 0.0321. The number of aliphatic hydroxyl groups is 2. The van der Waals surface area contributed by atoms with Crippen molar-refractivity contribution in [2.75, 3.05) is 30.0 Å². The van der Waals surface area contributed by atoms with Gasteiger partial charge in [-0.05, 0) is 31.0 Å². The molecule has 2 aromatic heterocycles. The minimum Gasteiger partial charge on any atom is -0.390 e. The molecule has 2 fully saturated rings. The molecule has 0 radical (unpaired) electrons. The second kappa shape index (κ2) is 8.22. The average molecular weight is 447 g/mol. The molecular weight excluding hydrogens is 423 g/mol. The van der Waals surface area contributed by atoms with E-state index in [0.717, 1.165) is 25.2 Å². The van der Waals surface area contributed by atoms with Crippen molar-refractivity contribution in [3.63, 3.8) is 0 Å². The largest absolute Gasteiger partial charge is 0.390 e. The van der Waals surface area contributed by atoms with Crippen LogP contribution in [0.15, 0.2) is 36.9 Å². The van der Waals surface area contributed by atoms with E-state index in [9.17, 15) is 14.6 Å². The summed E-state index contributed by atoms with van der Waals surface area (Å²) in [6, 6.07) is 7.51. The lowest BCUT2D eigenvalue weighted by atomic mass is 10.1. The Labute approximate surface area is 183 Å². The van der Waals surface area contributed by atoms with Crippen LogP contribution < -0.4 is 10.2 Å². The highest BCUT2D eigenvalue weighted by Crippen LogP contribution is 2.37. The molecule has 10 heteroatoms. The summed E-state index contributed by atoms with van der Waals surface area (Å²) < 4.78 is 14.9. The van der Waals surface area contributed by atoms with Gasteiger partial charge in [0, 0.05) is 35.8 Å². The number of anilines is 2. The normalized spacial score (nSPS) is 28.5. The number of aromatic nitrogens is 4. The number of nitrogens with one attached hydrogen (secondary N) is 1. The number of hydrogen-bond acceptors (Lipinski definition) is 7. The molecule has 3 aromatic rings. The van der Waals surface area contributed by atoms with Crippen LogP contribution in [0.1, 0.15) is 18.9 Å². The third-order valence-electron chi connectivity index (χ3n) is 6.39. The molecule has 0 bridgehead atoms. The number of benzene rings is 1. The summed E-state index contributed by atoms with van der Waals surface area (Å²) in [4.78, 5) is 15.5. The molecule has 1 saturated heterocycles. The van der Waals surface area contributed by atoms with Gasteiger partial charge >= 0.3 is 0 Å². The summed E-state index contributed by atoms with van der Waals surface area (Å²) >= 11 is 6.12. The number of imidazole rings is 1. The van der Waals surface area contributed by atoms with Gasteiger partial charge in [-0.1, -0.05) is 17.7 Å². The SMILES string of the molecule is O[C@@H]1[C@@H](CF)C[C@@H](n2cnc3c(N[C@H]4CCN(c5cccc(Cl)c5)C4)ncnc32)[C@@H]1O. The fourth-order valence-electron chi connectivity index (χ4n) is 4.71. The Morgan fingerprint density at radius 3 is 2.84 bits per heavy atom. The monoisotopic (exact) mass is 446 g/mol. The molecule has 3 N–H and O–H groups in total.